The summed E-state index contributed by atoms with van der Waals surface area (Å²) in [6.07, 6.45) is 3.15. The van der Waals surface area contributed by atoms with Crippen LogP contribution in [-0.4, -0.2) is 49.7 Å². The number of aryl methyl sites for hydroxylation is 2. The largest absolute Gasteiger partial charge is 0.452 e. The number of nitrogens with one attached hydrogen (secondary N) is 1. The Kier molecular flexibility index (Phi) is 6.13. The number of carbonyl (C=O) groups excluding carboxylic acids is 2. The highest BCUT2D eigenvalue weighted by Gasteiger charge is 2.23. The summed E-state index contributed by atoms with van der Waals surface area (Å²) in [4.78, 5) is 37.5. The van der Waals surface area contributed by atoms with Crippen molar-refractivity contribution in [2.24, 2.45) is 0 Å². The van der Waals surface area contributed by atoms with Gasteiger partial charge in [0.15, 0.2) is 6.61 Å². The van der Waals surface area contributed by atoms with Crippen molar-refractivity contribution in [2.45, 2.75) is 19.3 Å². The van der Waals surface area contributed by atoms with Crippen LogP contribution in [0.3, 0.4) is 0 Å². The standard InChI is InChI=1S/C22H23N3O6/c26-21(23-17-5-4-15-2-1-3-16(15)12-17)14-31-22(27)19-13-18(25(28)29)6-7-20(19)24-8-10-30-11-9-24/h4-7,12-13H,1-3,8-11,14H2,(H,23,26). The molecule has 1 heterocycles. The number of hydrogen-bond acceptors (Lipinski definition) is 7. The van der Waals surface area contributed by atoms with E-state index >= 15 is 0 Å². The van der Waals surface area contributed by atoms with Crippen molar-refractivity contribution < 1.29 is 24.0 Å². The van der Waals surface area contributed by atoms with Crippen LogP contribution in [0.25, 0.3) is 0 Å². The van der Waals surface area contributed by atoms with Gasteiger partial charge in [-0.3, -0.25) is 14.9 Å². The molecule has 2 aromatic carbocycles. The summed E-state index contributed by atoms with van der Waals surface area (Å²) in [7, 11) is 0. The average Bonchev–Trinajstić information content (AvgIpc) is 3.25. The summed E-state index contributed by atoms with van der Waals surface area (Å²) in [5, 5.41) is 13.9. The van der Waals surface area contributed by atoms with Gasteiger partial charge in [-0.1, -0.05) is 6.07 Å². The fraction of sp³-hybridized carbons (Fsp3) is 0.364. The summed E-state index contributed by atoms with van der Waals surface area (Å²) in [5.74, 6) is -1.25. The predicted molar refractivity (Wildman–Crippen MR) is 114 cm³/mol. The third-order valence-electron chi connectivity index (χ3n) is 5.48. The number of ether oxygens (including phenoxy) is 2. The molecule has 0 spiro atoms. The van der Waals surface area contributed by atoms with Crippen molar-refractivity contribution in [1.82, 2.24) is 0 Å². The Balaban J connectivity index is 1.43. The van der Waals surface area contributed by atoms with E-state index in [-0.39, 0.29) is 11.3 Å². The Bertz CT molecular complexity index is 1020. The summed E-state index contributed by atoms with van der Waals surface area (Å²) < 4.78 is 10.5. The number of hydrogen-bond donors (Lipinski definition) is 1. The summed E-state index contributed by atoms with van der Waals surface area (Å²) >= 11 is 0. The van der Waals surface area contributed by atoms with Crippen molar-refractivity contribution in [1.29, 1.82) is 0 Å². The van der Waals surface area contributed by atoms with Crippen LogP contribution in [0.4, 0.5) is 17.1 Å². The van der Waals surface area contributed by atoms with Gasteiger partial charge in [-0.2, -0.15) is 0 Å². The second kappa shape index (κ2) is 9.13. The Morgan fingerprint density at radius 3 is 2.65 bits per heavy atom. The lowest BCUT2D eigenvalue weighted by atomic mass is 10.1. The normalized spacial score (nSPS) is 15.3. The molecule has 162 valence electrons. The van der Waals surface area contributed by atoms with E-state index in [1.807, 2.05) is 23.1 Å². The second-order valence-corrected chi connectivity index (χ2v) is 7.52. The van der Waals surface area contributed by atoms with Crippen molar-refractivity contribution in [3.63, 3.8) is 0 Å². The minimum absolute atomic E-state index is 0.0569. The Hall–Kier alpha value is -3.46. The van der Waals surface area contributed by atoms with Gasteiger partial charge < -0.3 is 19.7 Å². The molecule has 0 aromatic heterocycles. The maximum Gasteiger partial charge on any atom is 0.341 e. The number of fused-ring (bicyclic) bond motifs is 1. The molecule has 0 saturated carbocycles. The van der Waals surface area contributed by atoms with Crippen LogP contribution in [0, 0.1) is 10.1 Å². The lowest BCUT2D eigenvalue weighted by molar-refractivity contribution is -0.384. The summed E-state index contributed by atoms with van der Waals surface area (Å²) in [5.41, 5.74) is 3.55. The molecule has 0 bridgehead atoms. The highest BCUT2D eigenvalue weighted by atomic mass is 16.6. The van der Waals surface area contributed by atoms with Crippen LogP contribution in [0.1, 0.15) is 27.9 Å². The molecule has 0 atom stereocenters. The van der Waals surface area contributed by atoms with Crippen LogP contribution in [0.15, 0.2) is 36.4 Å². The van der Waals surface area contributed by atoms with E-state index in [2.05, 4.69) is 5.32 Å². The Morgan fingerprint density at radius 2 is 1.87 bits per heavy atom. The SMILES string of the molecule is O=C(COC(=O)c1cc([N+](=O)[O-])ccc1N1CCOCC1)Nc1ccc2c(c1)CCC2. The molecule has 9 nitrogen and oxygen atoms in total. The van der Waals surface area contributed by atoms with Gasteiger partial charge in [0.2, 0.25) is 0 Å². The predicted octanol–water partition coefficient (Wildman–Crippen LogP) is 2.72. The van der Waals surface area contributed by atoms with E-state index in [0.29, 0.717) is 37.7 Å². The van der Waals surface area contributed by atoms with Crippen molar-refractivity contribution in [3.8, 4) is 0 Å². The van der Waals surface area contributed by atoms with E-state index in [9.17, 15) is 19.7 Å². The first kappa shape index (κ1) is 20.8. The lowest BCUT2D eigenvalue weighted by Gasteiger charge is -2.30. The molecule has 1 saturated heterocycles. The van der Waals surface area contributed by atoms with Gasteiger partial charge in [0.05, 0.1) is 29.4 Å². The zero-order valence-corrected chi connectivity index (χ0v) is 17.0. The van der Waals surface area contributed by atoms with Gasteiger partial charge >= 0.3 is 5.97 Å². The minimum atomic E-state index is -0.783. The number of benzene rings is 2. The molecule has 1 N–H and O–H groups in total. The number of carbonyl (C=O) groups is 2. The van der Waals surface area contributed by atoms with Gasteiger partial charge in [0.1, 0.15) is 0 Å². The van der Waals surface area contributed by atoms with Crippen LogP contribution < -0.4 is 10.2 Å². The van der Waals surface area contributed by atoms with Crippen LogP contribution in [0.5, 0.6) is 0 Å². The molecule has 1 amide bonds. The molecule has 9 heteroatoms. The quantitative estimate of drug-likeness (QED) is 0.430. The first-order valence-electron chi connectivity index (χ1n) is 10.2. The summed E-state index contributed by atoms with van der Waals surface area (Å²) in [6, 6.07) is 9.85. The fourth-order valence-corrected chi connectivity index (χ4v) is 3.94. The monoisotopic (exact) mass is 425 g/mol. The highest BCUT2D eigenvalue weighted by Crippen LogP contribution is 2.27. The first-order valence-corrected chi connectivity index (χ1v) is 10.2. The molecule has 1 aliphatic heterocycles. The van der Waals surface area contributed by atoms with E-state index in [4.69, 9.17) is 9.47 Å². The van der Waals surface area contributed by atoms with E-state index in [1.54, 1.807) is 0 Å². The Morgan fingerprint density at radius 1 is 1.10 bits per heavy atom. The maximum absolute atomic E-state index is 12.7. The first-order chi connectivity index (χ1) is 15.0. The lowest BCUT2D eigenvalue weighted by Crippen LogP contribution is -2.37. The third kappa shape index (κ3) is 4.83. The van der Waals surface area contributed by atoms with Crippen LogP contribution >= 0.6 is 0 Å². The van der Waals surface area contributed by atoms with Gasteiger partial charge in [0, 0.05) is 30.9 Å². The molecular formula is C22H23N3O6. The number of anilines is 2. The topological polar surface area (TPSA) is 111 Å². The molecule has 2 aliphatic rings. The number of non-ortho nitro benzene ring substituents is 1. The molecule has 0 unspecified atom stereocenters. The molecule has 4 rings (SSSR count). The van der Waals surface area contributed by atoms with Crippen molar-refractivity contribution in [2.75, 3.05) is 43.1 Å². The van der Waals surface area contributed by atoms with Gasteiger partial charge in [0.25, 0.3) is 11.6 Å². The Labute approximate surface area is 179 Å². The fourth-order valence-electron chi connectivity index (χ4n) is 3.94. The zero-order chi connectivity index (χ0) is 21.8. The third-order valence-corrected chi connectivity index (χ3v) is 5.48. The molecule has 0 radical (unpaired) electrons. The van der Waals surface area contributed by atoms with Crippen molar-refractivity contribution >= 4 is 28.9 Å². The summed E-state index contributed by atoms with van der Waals surface area (Å²) in [6.45, 7) is 1.61. The number of nitro benzene ring substituents is 1. The average molecular weight is 425 g/mol. The molecule has 31 heavy (non-hydrogen) atoms. The van der Waals surface area contributed by atoms with E-state index in [1.165, 1.54) is 29.3 Å². The minimum Gasteiger partial charge on any atom is -0.452 e. The number of nitro groups is 1. The van der Waals surface area contributed by atoms with Crippen LogP contribution in [0.2, 0.25) is 0 Å². The molecular weight excluding hydrogens is 402 g/mol. The highest BCUT2D eigenvalue weighted by molar-refractivity contribution is 5.99. The second-order valence-electron chi connectivity index (χ2n) is 7.52. The van der Waals surface area contributed by atoms with Crippen molar-refractivity contribution in [3.05, 3.63) is 63.2 Å². The van der Waals surface area contributed by atoms with Gasteiger partial charge in [-0.05, 0) is 48.6 Å². The number of esters is 1. The molecule has 1 fully saturated rings. The molecule has 2 aromatic rings. The number of rotatable bonds is 6. The van der Waals surface area contributed by atoms with Gasteiger partial charge in [-0.15, -0.1) is 0 Å². The number of morpholine rings is 1. The zero-order valence-electron chi connectivity index (χ0n) is 17.0. The van der Waals surface area contributed by atoms with Crippen LogP contribution in [-0.2, 0) is 27.1 Å². The van der Waals surface area contributed by atoms with E-state index in [0.717, 1.165) is 19.3 Å². The van der Waals surface area contributed by atoms with E-state index < -0.39 is 23.4 Å². The maximum atomic E-state index is 12.7. The number of nitrogens with zero attached hydrogens (tertiary/aromatic N) is 2. The molecule has 1 aliphatic carbocycles. The van der Waals surface area contributed by atoms with Gasteiger partial charge in [-0.25, -0.2) is 4.79 Å². The smallest absolute Gasteiger partial charge is 0.341 e. The number of amides is 1.